The highest BCUT2D eigenvalue weighted by atomic mass is 127. The van der Waals surface area contributed by atoms with Crippen molar-refractivity contribution < 1.29 is 4.52 Å². The van der Waals surface area contributed by atoms with E-state index in [1.165, 1.54) is 38.6 Å². The molecule has 2 fully saturated rings. The lowest BCUT2D eigenvalue weighted by Gasteiger charge is -2.24. The number of halogens is 1. The fourth-order valence-electron chi connectivity index (χ4n) is 3.47. The molecule has 1 aliphatic heterocycles. The summed E-state index contributed by atoms with van der Waals surface area (Å²) in [6, 6.07) is 1.28. The van der Waals surface area contributed by atoms with E-state index in [-0.39, 0.29) is 24.0 Å². The predicted octanol–water partition coefficient (Wildman–Crippen LogP) is 1.68. The van der Waals surface area contributed by atoms with Crippen LogP contribution in [0.25, 0.3) is 0 Å². The van der Waals surface area contributed by atoms with Gasteiger partial charge in [0.1, 0.15) is 0 Å². The molecule has 2 aliphatic rings. The second-order valence-electron chi connectivity index (χ2n) is 6.22. The summed E-state index contributed by atoms with van der Waals surface area (Å²) in [4.78, 5) is 11.1. The van der Waals surface area contributed by atoms with Gasteiger partial charge in [-0.15, -0.1) is 24.0 Å². The third-order valence-corrected chi connectivity index (χ3v) is 4.61. The summed E-state index contributed by atoms with van der Waals surface area (Å²) >= 11 is 0. The number of hydrogen-bond donors (Lipinski definition) is 2. The fourth-order valence-corrected chi connectivity index (χ4v) is 3.47. The zero-order valence-corrected chi connectivity index (χ0v) is 16.2. The summed E-state index contributed by atoms with van der Waals surface area (Å²) in [5, 5.41) is 10.6. The van der Waals surface area contributed by atoms with Gasteiger partial charge in [0, 0.05) is 39.1 Å². The highest BCUT2D eigenvalue weighted by Gasteiger charge is 2.30. The molecule has 8 heteroatoms. The maximum atomic E-state index is 4.97. The fraction of sp³-hybridized carbons (Fsp3) is 0.800. The Morgan fingerprint density at radius 2 is 2.13 bits per heavy atom. The molecule has 2 N–H and O–H groups in total. The third kappa shape index (κ3) is 5.03. The number of rotatable bonds is 4. The van der Waals surface area contributed by atoms with Crippen LogP contribution in [0.15, 0.2) is 9.52 Å². The summed E-state index contributed by atoms with van der Waals surface area (Å²) in [7, 11) is 1.79. The van der Waals surface area contributed by atoms with Crippen molar-refractivity contribution in [3.05, 3.63) is 11.7 Å². The number of aryl methyl sites for hydroxylation is 1. The van der Waals surface area contributed by atoms with Crippen molar-refractivity contribution in [1.82, 2.24) is 25.7 Å². The monoisotopic (exact) mass is 434 g/mol. The van der Waals surface area contributed by atoms with E-state index >= 15 is 0 Å². The van der Waals surface area contributed by atoms with E-state index in [1.54, 1.807) is 14.0 Å². The van der Waals surface area contributed by atoms with Crippen LogP contribution in [-0.4, -0.2) is 53.2 Å². The largest absolute Gasteiger partial charge is 0.352 e. The average Bonchev–Trinajstić information content (AvgIpc) is 3.24. The van der Waals surface area contributed by atoms with Gasteiger partial charge in [-0.25, -0.2) is 0 Å². The molecule has 1 aliphatic carbocycles. The Morgan fingerprint density at radius 1 is 1.35 bits per heavy atom. The second-order valence-corrected chi connectivity index (χ2v) is 6.22. The molecule has 0 radical (unpaired) electrons. The number of hydrogen-bond acceptors (Lipinski definition) is 5. The van der Waals surface area contributed by atoms with E-state index in [9.17, 15) is 0 Å². The van der Waals surface area contributed by atoms with Gasteiger partial charge < -0.3 is 15.2 Å². The Morgan fingerprint density at radius 3 is 2.78 bits per heavy atom. The lowest BCUT2D eigenvalue weighted by atomic mass is 10.2. The van der Waals surface area contributed by atoms with Gasteiger partial charge in [-0.05, 0) is 19.3 Å². The first-order valence-corrected chi connectivity index (χ1v) is 8.25. The molecule has 0 aromatic carbocycles. The highest BCUT2D eigenvalue weighted by molar-refractivity contribution is 14.0. The maximum Gasteiger partial charge on any atom is 0.223 e. The van der Waals surface area contributed by atoms with Gasteiger partial charge in [0.2, 0.25) is 5.89 Å². The molecular formula is C15H27IN6O. The molecule has 7 nitrogen and oxygen atoms in total. The number of aromatic nitrogens is 2. The Hall–Kier alpha value is -0.900. The number of likely N-dealkylation sites (tertiary alicyclic amines) is 1. The Labute approximate surface area is 154 Å². The zero-order chi connectivity index (χ0) is 15.4. The first kappa shape index (κ1) is 18.4. The van der Waals surface area contributed by atoms with Crippen LogP contribution in [0.3, 0.4) is 0 Å². The minimum atomic E-state index is 0. The molecule has 0 spiro atoms. The number of nitrogens with zero attached hydrogens (tertiary/aromatic N) is 4. The van der Waals surface area contributed by atoms with Gasteiger partial charge in [0.05, 0.1) is 6.54 Å². The minimum Gasteiger partial charge on any atom is -0.352 e. The molecule has 3 rings (SSSR count). The standard InChI is InChI=1S/C15H26N6O.HI/c1-11-18-14(20-22-11)9-17-15(16-2)19-12-7-8-21(10-12)13-5-3-4-6-13;/h12-13H,3-10H2,1-2H3,(H2,16,17,19);1H. The molecule has 0 bridgehead atoms. The summed E-state index contributed by atoms with van der Waals surface area (Å²) in [5.41, 5.74) is 0. The lowest BCUT2D eigenvalue weighted by Crippen LogP contribution is -2.45. The Kier molecular flexibility index (Phi) is 7.07. The predicted molar refractivity (Wildman–Crippen MR) is 100 cm³/mol. The molecule has 1 saturated heterocycles. The lowest BCUT2D eigenvalue weighted by molar-refractivity contribution is 0.242. The molecule has 23 heavy (non-hydrogen) atoms. The van der Waals surface area contributed by atoms with Crippen molar-refractivity contribution in [2.24, 2.45) is 4.99 Å². The first-order chi connectivity index (χ1) is 10.7. The summed E-state index contributed by atoms with van der Waals surface area (Å²) in [5.74, 6) is 2.04. The van der Waals surface area contributed by atoms with Crippen LogP contribution < -0.4 is 10.6 Å². The van der Waals surface area contributed by atoms with Crippen LogP contribution >= 0.6 is 24.0 Å². The van der Waals surface area contributed by atoms with Gasteiger partial charge in [0.25, 0.3) is 0 Å². The quantitative estimate of drug-likeness (QED) is 0.427. The average molecular weight is 434 g/mol. The van der Waals surface area contributed by atoms with Gasteiger partial charge >= 0.3 is 0 Å². The molecule has 130 valence electrons. The number of nitrogens with one attached hydrogen (secondary N) is 2. The van der Waals surface area contributed by atoms with E-state index in [4.69, 9.17) is 4.52 Å². The smallest absolute Gasteiger partial charge is 0.223 e. The van der Waals surface area contributed by atoms with E-state index in [2.05, 4.69) is 30.7 Å². The number of guanidine groups is 1. The normalized spacial score (nSPS) is 23.0. The van der Waals surface area contributed by atoms with Gasteiger partial charge in [0.15, 0.2) is 11.8 Å². The SMILES string of the molecule is CN=C(NCc1noc(C)n1)NC1CCN(C2CCCC2)C1.I. The molecule has 1 saturated carbocycles. The third-order valence-electron chi connectivity index (χ3n) is 4.61. The summed E-state index contributed by atoms with van der Waals surface area (Å²) in [6.45, 7) is 4.63. The van der Waals surface area contributed by atoms with E-state index in [1.807, 2.05) is 0 Å². The summed E-state index contributed by atoms with van der Waals surface area (Å²) in [6.07, 6.45) is 6.71. The van der Waals surface area contributed by atoms with Crippen molar-refractivity contribution >= 4 is 29.9 Å². The van der Waals surface area contributed by atoms with Crippen molar-refractivity contribution in [1.29, 1.82) is 0 Å². The van der Waals surface area contributed by atoms with Crippen LogP contribution in [0.5, 0.6) is 0 Å². The zero-order valence-electron chi connectivity index (χ0n) is 13.9. The summed E-state index contributed by atoms with van der Waals surface area (Å²) < 4.78 is 4.97. The molecule has 2 heterocycles. The van der Waals surface area contributed by atoms with Gasteiger partial charge in [-0.1, -0.05) is 18.0 Å². The van der Waals surface area contributed by atoms with E-state index in [0.717, 1.165) is 18.5 Å². The van der Waals surface area contributed by atoms with Crippen molar-refractivity contribution in [3.63, 3.8) is 0 Å². The Balaban J connectivity index is 0.00000192. The van der Waals surface area contributed by atoms with Crippen LogP contribution in [0.1, 0.15) is 43.8 Å². The molecular weight excluding hydrogens is 407 g/mol. The topological polar surface area (TPSA) is 78.6 Å². The molecule has 1 unspecified atom stereocenters. The first-order valence-electron chi connectivity index (χ1n) is 8.25. The molecule has 1 aromatic rings. The number of aliphatic imine (C=N–C) groups is 1. The molecule has 1 aromatic heterocycles. The Bertz CT molecular complexity index is 514. The van der Waals surface area contributed by atoms with Gasteiger partial charge in [-0.2, -0.15) is 4.98 Å². The van der Waals surface area contributed by atoms with Crippen molar-refractivity contribution in [3.8, 4) is 0 Å². The van der Waals surface area contributed by atoms with E-state index in [0.29, 0.717) is 24.3 Å². The maximum absolute atomic E-state index is 4.97. The second kappa shape index (κ2) is 8.81. The highest BCUT2D eigenvalue weighted by Crippen LogP contribution is 2.26. The van der Waals surface area contributed by atoms with Gasteiger partial charge in [-0.3, -0.25) is 9.89 Å². The van der Waals surface area contributed by atoms with Crippen molar-refractivity contribution in [2.75, 3.05) is 20.1 Å². The van der Waals surface area contributed by atoms with Crippen LogP contribution in [-0.2, 0) is 6.54 Å². The van der Waals surface area contributed by atoms with Crippen molar-refractivity contribution in [2.45, 2.75) is 57.7 Å². The minimum absolute atomic E-state index is 0. The molecule has 1 atom stereocenters. The molecule has 0 amide bonds. The van der Waals surface area contributed by atoms with E-state index < -0.39 is 0 Å². The van der Waals surface area contributed by atoms with Crippen LogP contribution in [0.2, 0.25) is 0 Å². The van der Waals surface area contributed by atoms with Crippen LogP contribution in [0.4, 0.5) is 0 Å². The van der Waals surface area contributed by atoms with Crippen LogP contribution in [0, 0.1) is 6.92 Å².